The van der Waals surface area contributed by atoms with Gasteiger partial charge in [-0.2, -0.15) is 0 Å². The van der Waals surface area contributed by atoms with E-state index in [4.69, 9.17) is 9.47 Å². The summed E-state index contributed by atoms with van der Waals surface area (Å²) >= 11 is 0. The minimum absolute atomic E-state index is 0.224. The number of fused-ring (bicyclic) bond motifs is 3. The van der Waals surface area contributed by atoms with Gasteiger partial charge in [0.2, 0.25) is 0 Å². The molecule has 0 heterocycles. The van der Waals surface area contributed by atoms with Gasteiger partial charge >= 0.3 is 0 Å². The molecule has 0 radical (unpaired) electrons. The monoisotopic (exact) mass is 700 g/mol. The van der Waals surface area contributed by atoms with E-state index >= 15 is 0 Å². The number of carbonyl (C=O) groups is 2. The predicted octanol–water partition coefficient (Wildman–Crippen LogP) is 10.1. The predicted molar refractivity (Wildman–Crippen MR) is 213 cm³/mol. The second-order valence-electron chi connectivity index (χ2n) is 13.9. The van der Waals surface area contributed by atoms with Gasteiger partial charge in [0.15, 0.2) is 12.2 Å². The van der Waals surface area contributed by atoms with Crippen LogP contribution >= 0.6 is 0 Å². The first-order valence-corrected chi connectivity index (χ1v) is 18.1. The average molecular weight is 701 g/mol. The van der Waals surface area contributed by atoms with E-state index in [1.807, 2.05) is 88.4 Å². The highest BCUT2D eigenvalue weighted by Crippen LogP contribution is 2.56. The number of para-hydroxylation sites is 2. The van der Waals surface area contributed by atoms with Gasteiger partial charge in [0, 0.05) is 11.4 Å². The van der Waals surface area contributed by atoms with Gasteiger partial charge in [-0.1, -0.05) is 109 Å². The van der Waals surface area contributed by atoms with E-state index in [1.54, 1.807) is 13.8 Å². The largest absolute Gasteiger partial charge is 0.480 e. The van der Waals surface area contributed by atoms with Crippen LogP contribution in [0.15, 0.2) is 133 Å². The van der Waals surface area contributed by atoms with Crippen molar-refractivity contribution >= 4 is 23.2 Å². The fourth-order valence-electron chi connectivity index (χ4n) is 7.55. The van der Waals surface area contributed by atoms with E-state index in [1.165, 1.54) is 22.3 Å². The maximum atomic E-state index is 13.3. The Morgan fingerprint density at radius 1 is 0.472 bits per heavy atom. The summed E-state index contributed by atoms with van der Waals surface area (Å²) in [5.41, 5.74) is 11.5. The molecule has 6 heteroatoms. The van der Waals surface area contributed by atoms with Crippen LogP contribution < -0.4 is 20.1 Å². The molecule has 2 N–H and O–H groups in total. The Bertz CT molecular complexity index is 2100. The molecular weight excluding hydrogens is 657 g/mol. The molecule has 2 amide bonds. The molecule has 2 unspecified atom stereocenters. The van der Waals surface area contributed by atoms with Crippen LogP contribution in [-0.2, 0) is 15.0 Å². The molecule has 0 saturated carbocycles. The molecule has 7 rings (SSSR count). The molecule has 0 spiro atoms. The second kappa shape index (κ2) is 14.5. The number of carbonyl (C=O) groups excluding carboxylic acids is 2. The van der Waals surface area contributed by atoms with E-state index in [0.29, 0.717) is 11.4 Å². The molecule has 6 aromatic carbocycles. The first kappa shape index (κ1) is 35.3. The Morgan fingerprint density at radius 3 is 1.17 bits per heavy atom. The number of nitrogens with one attached hydrogen (secondary N) is 2. The van der Waals surface area contributed by atoms with E-state index in [2.05, 4.69) is 83.4 Å². The molecule has 6 aromatic rings. The SMILES string of the molecule is Cc1cccc(C)c1OC(C)C(=O)Nc1ccc(C2(c3ccc(NC(=O)C(C)Oc4c(C)cccc4C)cc3)c3ccccc3-c3ccccc32)cc1. The lowest BCUT2D eigenvalue weighted by molar-refractivity contribution is -0.122. The molecule has 0 fully saturated rings. The summed E-state index contributed by atoms with van der Waals surface area (Å²) < 4.78 is 12.2. The topological polar surface area (TPSA) is 76.7 Å². The van der Waals surface area contributed by atoms with Crippen molar-refractivity contribution in [2.75, 3.05) is 10.6 Å². The number of anilines is 2. The maximum absolute atomic E-state index is 13.3. The Labute approximate surface area is 311 Å². The van der Waals surface area contributed by atoms with Gasteiger partial charge in [-0.05, 0) is 121 Å². The molecule has 266 valence electrons. The first-order chi connectivity index (χ1) is 25.6. The molecule has 1 aliphatic carbocycles. The third kappa shape index (κ3) is 6.57. The number of ether oxygens (including phenoxy) is 2. The summed E-state index contributed by atoms with van der Waals surface area (Å²) in [6.45, 7) is 11.5. The van der Waals surface area contributed by atoms with Crippen LogP contribution in [0.1, 0.15) is 58.4 Å². The first-order valence-electron chi connectivity index (χ1n) is 18.1. The van der Waals surface area contributed by atoms with Gasteiger partial charge in [0.1, 0.15) is 11.5 Å². The number of benzene rings is 6. The van der Waals surface area contributed by atoms with Crippen molar-refractivity contribution in [2.45, 2.75) is 59.2 Å². The second-order valence-corrected chi connectivity index (χ2v) is 13.9. The van der Waals surface area contributed by atoms with Crippen molar-refractivity contribution < 1.29 is 19.1 Å². The third-order valence-corrected chi connectivity index (χ3v) is 10.3. The van der Waals surface area contributed by atoms with Crippen molar-refractivity contribution in [3.05, 3.63) is 178 Å². The molecule has 2 atom stereocenters. The summed E-state index contributed by atoms with van der Waals surface area (Å²) in [6.07, 6.45) is -1.37. The van der Waals surface area contributed by atoms with Gasteiger partial charge < -0.3 is 20.1 Å². The highest BCUT2D eigenvalue weighted by Gasteiger charge is 2.45. The van der Waals surface area contributed by atoms with E-state index in [-0.39, 0.29) is 11.8 Å². The van der Waals surface area contributed by atoms with Crippen molar-refractivity contribution in [3.63, 3.8) is 0 Å². The Kier molecular flexibility index (Phi) is 9.63. The molecule has 1 aliphatic rings. The van der Waals surface area contributed by atoms with Gasteiger partial charge in [-0.15, -0.1) is 0 Å². The van der Waals surface area contributed by atoms with Crippen LogP contribution in [-0.4, -0.2) is 24.0 Å². The summed E-state index contributed by atoms with van der Waals surface area (Å²) in [7, 11) is 0. The highest BCUT2D eigenvalue weighted by molar-refractivity contribution is 5.95. The van der Waals surface area contributed by atoms with Crippen LogP contribution in [0.5, 0.6) is 11.5 Å². The number of aryl methyl sites for hydroxylation is 4. The van der Waals surface area contributed by atoms with Crippen LogP contribution in [0, 0.1) is 27.7 Å². The van der Waals surface area contributed by atoms with Gasteiger partial charge in [-0.3, -0.25) is 9.59 Å². The molecule has 0 bridgehead atoms. The zero-order valence-corrected chi connectivity index (χ0v) is 31.0. The van der Waals surface area contributed by atoms with Gasteiger partial charge in [0.05, 0.1) is 5.41 Å². The fraction of sp³-hybridized carbons (Fsp3) is 0.191. The number of hydrogen-bond acceptors (Lipinski definition) is 4. The third-order valence-electron chi connectivity index (χ3n) is 10.3. The normalized spacial score (nSPS) is 13.6. The zero-order valence-electron chi connectivity index (χ0n) is 31.0. The lowest BCUT2D eigenvalue weighted by atomic mass is 9.67. The number of amides is 2. The summed E-state index contributed by atoms with van der Waals surface area (Å²) in [5, 5.41) is 6.10. The number of hydrogen-bond donors (Lipinski definition) is 2. The van der Waals surface area contributed by atoms with E-state index < -0.39 is 17.6 Å². The minimum atomic E-state index is -0.686. The van der Waals surface area contributed by atoms with Crippen LogP contribution in [0.3, 0.4) is 0 Å². The molecular formula is C47H44N2O4. The van der Waals surface area contributed by atoms with Gasteiger partial charge in [-0.25, -0.2) is 0 Å². The zero-order chi connectivity index (χ0) is 37.3. The lowest BCUT2D eigenvalue weighted by Gasteiger charge is -2.34. The molecule has 0 aromatic heterocycles. The van der Waals surface area contributed by atoms with Gasteiger partial charge in [0.25, 0.3) is 11.8 Å². The maximum Gasteiger partial charge on any atom is 0.265 e. The summed E-state index contributed by atoms with van der Waals surface area (Å²) in [4.78, 5) is 26.6. The van der Waals surface area contributed by atoms with E-state index in [0.717, 1.165) is 44.9 Å². The van der Waals surface area contributed by atoms with Crippen molar-refractivity contribution in [2.24, 2.45) is 0 Å². The standard InChI is InChI=1S/C47H44N2O4/c1-29-13-11-14-30(2)43(29)52-33(5)45(50)48-37-25-21-35(22-26-37)47(41-19-9-7-17-39(41)40-18-8-10-20-42(40)47)36-23-27-38(28-24-36)49-46(51)34(6)53-44-31(3)15-12-16-32(44)4/h7-28,33-34H,1-6H3,(H,48,50)(H,49,51). The lowest BCUT2D eigenvalue weighted by Crippen LogP contribution is -2.31. The molecule has 0 saturated heterocycles. The average Bonchev–Trinajstić information content (AvgIpc) is 3.46. The van der Waals surface area contributed by atoms with Crippen molar-refractivity contribution in [3.8, 4) is 22.6 Å². The van der Waals surface area contributed by atoms with Crippen LogP contribution in [0.2, 0.25) is 0 Å². The Balaban J connectivity index is 1.18. The van der Waals surface area contributed by atoms with E-state index in [9.17, 15) is 9.59 Å². The van der Waals surface area contributed by atoms with Crippen molar-refractivity contribution in [1.82, 2.24) is 0 Å². The molecule has 0 aliphatic heterocycles. The van der Waals surface area contributed by atoms with Crippen LogP contribution in [0.4, 0.5) is 11.4 Å². The van der Waals surface area contributed by atoms with Crippen molar-refractivity contribution in [1.29, 1.82) is 0 Å². The number of rotatable bonds is 10. The quantitative estimate of drug-likeness (QED) is 0.149. The minimum Gasteiger partial charge on any atom is -0.480 e. The Hall–Kier alpha value is -6.14. The molecule has 53 heavy (non-hydrogen) atoms. The highest BCUT2D eigenvalue weighted by atomic mass is 16.5. The Morgan fingerprint density at radius 2 is 0.811 bits per heavy atom. The molecule has 6 nitrogen and oxygen atoms in total. The summed E-state index contributed by atoms with van der Waals surface area (Å²) in [5.74, 6) is 1.02. The van der Waals surface area contributed by atoms with Crippen LogP contribution in [0.25, 0.3) is 11.1 Å². The smallest absolute Gasteiger partial charge is 0.265 e. The summed E-state index contributed by atoms with van der Waals surface area (Å²) in [6, 6.07) is 45.1. The fourth-order valence-corrected chi connectivity index (χ4v) is 7.55.